The third-order valence-corrected chi connectivity index (χ3v) is 3.09. The summed E-state index contributed by atoms with van der Waals surface area (Å²) in [6.45, 7) is 2.31. The predicted octanol–water partition coefficient (Wildman–Crippen LogP) is 2.51. The molecule has 16 heavy (non-hydrogen) atoms. The van der Waals surface area contributed by atoms with E-state index >= 15 is 0 Å². The molecule has 1 saturated carbocycles. The molecule has 86 valence electrons. The lowest BCUT2D eigenvalue weighted by molar-refractivity contribution is -0.134. The monoisotopic (exact) mass is 239 g/mol. The van der Waals surface area contributed by atoms with Crippen LogP contribution in [0.3, 0.4) is 0 Å². The summed E-state index contributed by atoms with van der Waals surface area (Å²) in [4.78, 5) is 16.5. The summed E-state index contributed by atoms with van der Waals surface area (Å²) in [7, 11) is 0. The number of amides is 1. The minimum atomic E-state index is -0.0493. The molecule has 2 unspecified atom stereocenters. The van der Waals surface area contributed by atoms with Crippen LogP contribution in [0.1, 0.15) is 24.8 Å². The third-order valence-electron chi connectivity index (χ3n) is 2.75. The zero-order valence-corrected chi connectivity index (χ0v) is 9.83. The van der Waals surface area contributed by atoms with Crippen molar-refractivity contribution in [2.45, 2.75) is 19.3 Å². The van der Waals surface area contributed by atoms with Crippen LogP contribution in [0.25, 0.3) is 0 Å². The second-order valence-corrected chi connectivity index (χ2v) is 4.28. The molecule has 0 aliphatic heterocycles. The first kappa shape index (κ1) is 11.4. The van der Waals surface area contributed by atoms with Gasteiger partial charge in [-0.3, -0.25) is 9.63 Å². The number of hydrogen-bond donors (Lipinski definition) is 1. The highest BCUT2D eigenvalue weighted by Gasteiger charge is 2.44. The topological polar surface area (TPSA) is 38.3 Å². The van der Waals surface area contributed by atoms with Crippen molar-refractivity contribution in [2.75, 3.05) is 6.61 Å². The van der Waals surface area contributed by atoms with E-state index in [2.05, 4.69) is 5.48 Å². The van der Waals surface area contributed by atoms with Gasteiger partial charge in [0.2, 0.25) is 5.91 Å². The molecule has 2 atom stereocenters. The molecule has 3 nitrogen and oxygen atoms in total. The SMILES string of the molecule is CCONC(=O)C1CC1c1ccccc1Cl. The fourth-order valence-corrected chi connectivity index (χ4v) is 2.10. The van der Waals surface area contributed by atoms with Crippen molar-refractivity contribution in [1.82, 2.24) is 5.48 Å². The van der Waals surface area contributed by atoms with E-state index in [1.165, 1.54) is 0 Å². The third kappa shape index (κ3) is 2.36. The van der Waals surface area contributed by atoms with E-state index in [1.54, 1.807) is 0 Å². The summed E-state index contributed by atoms with van der Waals surface area (Å²) < 4.78 is 0. The van der Waals surface area contributed by atoms with E-state index in [1.807, 2.05) is 31.2 Å². The molecule has 1 aromatic rings. The predicted molar refractivity (Wildman–Crippen MR) is 62.1 cm³/mol. The Morgan fingerprint density at radius 3 is 3.00 bits per heavy atom. The van der Waals surface area contributed by atoms with E-state index in [0.29, 0.717) is 6.61 Å². The quantitative estimate of drug-likeness (QED) is 0.820. The number of carbonyl (C=O) groups is 1. The number of rotatable bonds is 4. The zero-order valence-electron chi connectivity index (χ0n) is 9.07. The fourth-order valence-electron chi connectivity index (χ4n) is 1.82. The van der Waals surface area contributed by atoms with Crippen molar-refractivity contribution in [3.63, 3.8) is 0 Å². The van der Waals surface area contributed by atoms with Gasteiger partial charge in [0.25, 0.3) is 0 Å². The smallest absolute Gasteiger partial charge is 0.247 e. The molecule has 1 N–H and O–H groups in total. The van der Waals surface area contributed by atoms with Gasteiger partial charge in [0, 0.05) is 10.9 Å². The van der Waals surface area contributed by atoms with Gasteiger partial charge in [-0.15, -0.1) is 0 Å². The summed E-state index contributed by atoms with van der Waals surface area (Å²) in [6, 6.07) is 7.66. The number of halogens is 1. The van der Waals surface area contributed by atoms with Crippen LogP contribution in [0.5, 0.6) is 0 Å². The molecule has 4 heteroatoms. The Morgan fingerprint density at radius 2 is 2.31 bits per heavy atom. The van der Waals surface area contributed by atoms with Crippen LogP contribution in [0.15, 0.2) is 24.3 Å². The number of nitrogens with one attached hydrogen (secondary N) is 1. The van der Waals surface area contributed by atoms with Gasteiger partial charge in [-0.2, -0.15) is 0 Å². The average molecular weight is 240 g/mol. The molecule has 2 rings (SSSR count). The van der Waals surface area contributed by atoms with E-state index in [9.17, 15) is 4.79 Å². The second-order valence-electron chi connectivity index (χ2n) is 3.87. The van der Waals surface area contributed by atoms with Crippen LogP contribution in [-0.4, -0.2) is 12.5 Å². The molecule has 0 spiro atoms. The van der Waals surface area contributed by atoms with Gasteiger partial charge in [0.1, 0.15) is 0 Å². The lowest BCUT2D eigenvalue weighted by atomic mass is 10.1. The Kier molecular flexibility index (Phi) is 3.46. The van der Waals surface area contributed by atoms with E-state index < -0.39 is 0 Å². The van der Waals surface area contributed by atoms with Crippen LogP contribution in [-0.2, 0) is 9.63 Å². The molecule has 0 heterocycles. The molecule has 1 amide bonds. The first-order chi connectivity index (χ1) is 7.74. The standard InChI is InChI=1S/C12H14ClNO2/c1-2-16-14-12(15)10-7-9(10)8-5-3-4-6-11(8)13/h3-6,9-10H,2,7H2,1H3,(H,14,15). The number of carbonyl (C=O) groups excluding carboxylic acids is 1. The van der Waals surface area contributed by atoms with E-state index in [4.69, 9.17) is 16.4 Å². The van der Waals surface area contributed by atoms with Crippen LogP contribution in [0.2, 0.25) is 5.02 Å². The highest BCUT2D eigenvalue weighted by molar-refractivity contribution is 6.31. The van der Waals surface area contributed by atoms with E-state index in [-0.39, 0.29) is 17.7 Å². The van der Waals surface area contributed by atoms with Gasteiger partial charge in [-0.25, -0.2) is 5.48 Å². The molecule has 1 fully saturated rings. The largest absolute Gasteiger partial charge is 0.274 e. The lowest BCUT2D eigenvalue weighted by Crippen LogP contribution is -2.25. The van der Waals surface area contributed by atoms with Crippen LogP contribution >= 0.6 is 11.6 Å². The van der Waals surface area contributed by atoms with Gasteiger partial charge >= 0.3 is 0 Å². The summed E-state index contributed by atoms with van der Waals surface area (Å²) in [6.07, 6.45) is 0.850. The first-order valence-electron chi connectivity index (χ1n) is 5.40. The van der Waals surface area contributed by atoms with Gasteiger partial charge < -0.3 is 0 Å². The molecule has 0 bridgehead atoms. The molecular formula is C12H14ClNO2. The Balaban J connectivity index is 1.96. The number of hydrogen-bond acceptors (Lipinski definition) is 2. The van der Waals surface area contributed by atoms with Crippen LogP contribution in [0, 0.1) is 5.92 Å². The molecular weight excluding hydrogens is 226 g/mol. The van der Waals surface area contributed by atoms with Crippen molar-refractivity contribution >= 4 is 17.5 Å². The maximum Gasteiger partial charge on any atom is 0.247 e. The summed E-state index contributed by atoms with van der Waals surface area (Å²) >= 11 is 6.07. The maximum absolute atomic E-state index is 11.6. The van der Waals surface area contributed by atoms with Crippen molar-refractivity contribution in [1.29, 1.82) is 0 Å². The Labute approximate surface area is 99.7 Å². The normalized spacial score (nSPS) is 22.9. The summed E-state index contributed by atoms with van der Waals surface area (Å²) in [5, 5.41) is 0.735. The Hall–Kier alpha value is -1.06. The Bertz CT molecular complexity index is 394. The highest BCUT2D eigenvalue weighted by Crippen LogP contribution is 2.49. The van der Waals surface area contributed by atoms with Gasteiger partial charge in [-0.1, -0.05) is 29.8 Å². The minimum absolute atomic E-state index is 0.00597. The van der Waals surface area contributed by atoms with Gasteiger partial charge in [0.15, 0.2) is 0 Å². The van der Waals surface area contributed by atoms with Crippen LogP contribution in [0.4, 0.5) is 0 Å². The minimum Gasteiger partial charge on any atom is -0.274 e. The van der Waals surface area contributed by atoms with E-state index in [0.717, 1.165) is 17.0 Å². The lowest BCUT2D eigenvalue weighted by Gasteiger charge is -2.04. The second kappa shape index (κ2) is 4.85. The number of benzene rings is 1. The van der Waals surface area contributed by atoms with Crippen molar-refractivity contribution < 1.29 is 9.63 Å². The van der Waals surface area contributed by atoms with Crippen LogP contribution < -0.4 is 5.48 Å². The first-order valence-corrected chi connectivity index (χ1v) is 5.78. The molecule has 1 aromatic carbocycles. The summed E-state index contributed by atoms with van der Waals surface area (Å²) in [5.74, 6) is 0.201. The maximum atomic E-state index is 11.6. The molecule has 1 aliphatic carbocycles. The molecule has 0 saturated heterocycles. The van der Waals surface area contributed by atoms with Crippen molar-refractivity contribution in [2.24, 2.45) is 5.92 Å². The average Bonchev–Trinajstić information content (AvgIpc) is 3.06. The highest BCUT2D eigenvalue weighted by atomic mass is 35.5. The van der Waals surface area contributed by atoms with Crippen molar-refractivity contribution in [3.8, 4) is 0 Å². The summed E-state index contributed by atoms with van der Waals surface area (Å²) in [5.41, 5.74) is 3.49. The van der Waals surface area contributed by atoms with Gasteiger partial charge in [0.05, 0.1) is 6.61 Å². The molecule has 1 aliphatic rings. The van der Waals surface area contributed by atoms with Gasteiger partial charge in [-0.05, 0) is 30.9 Å². The molecule has 0 radical (unpaired) electrons. The fraction of sp³-hybridized carbons (Fsp3) is 0.417. The number of hydroxylamine groups is 1. The molecule has 0 aromatic heterocycles. The Morgan fingerprint density at radius 1 is 1.56 bits per heavy atom. The van der Waals surface area contributed by atoms with Crippen molar-refractivity contribution in [3.05, 3.63) is 34.9 Å². The zero-order chi connectivity index (χ0) is 11.5.